The topological polar surface area (TPSA) is 38.0 Å². The van der Waals surface area contributed by atoms with E-state index in [1.54, 1.807) is 0 Å². The van der Waals surface area contributed by atoms with Crippen molar-refractivity contribution in [2.75, 3.05) is 11.1 Å². The molecule has 2 unspecified atom stereocenters. The molecule has 0 heterocycles. The molecule has 0 radical (unpaired) electrons. The summed E-state index contributed by atoms with van der Waals surface area (Å²) in [5.41, 5.74) is 9.13. The molecular formula is C14H22N2. The molecule has 1 aliphatic carbocycles. The van der Waals surface area contributed by atoms with Gasteiger partial charge < -0.3 is 11.1 Å². The van der Waals surface area contributed by atoms with Crippen LogP contribution in [0.4, 0.5) is 11.4 Å². The third-order valence-corrected chi connectivity index (χ3v) is 3.74. The molecule has 1 aromatic carbocycles. The van der Waals surface area contributed by atoms with Crippen molar-refractivity contribution in [2.24, 2.45) is 5.92 Å². The fraction of sp³-hybridized carbons (Fsp3) is 0.571. The third-order valence-electron chi connectivity index (χ3n) is 3.74. The van der Waals surface area contributed by atoms with Gasteiger partial charge >= 0.3 is 0 Å². The van der Waals surface area contributed by atoms with E-state index in [2.05, 4.69) is 30.4 Å². The maximum absolute atomic E-state index is 5.92. The quantitative estimate of drug-likeness (QED) is 0.745. The fourth-order valence-electron chi connectivity index (χ4n) is 2.48. The Morgan fingerprint density at radius 2 is 2.00 bits per heavy atom. The van der Waals surface area contributed by atoms with Crippen LogP contribution < -0.4 is 11.1 Å². The minimum atomic E-state index is 0.621. The predicted molar refractivity (Wildman–Crippen MR) is 70.6 cm³/mol. The van der Waals surface area contributed by atoms with E-state index in [1.165, 1.54) is 31.4 Å². The van der Waals surface area contributed by atoms with Gasteiger partial charge in [-0.15, -0.1) is 0 Å². The van der Waals surface area contributed by atoms with Gasteiger partial charge in [0.2, 0.25) is 0 Å². The van der Waals surface area contributed by atoms with Crippen molar-refractivity contribution in [1.82, 2.24) is 0 Å². The summed E-state index contributed by atoms with van der Waals surface area (Å²) >= 11 is 0. The largest absolute Gasteiger partial charge is 0.398 e. The van der Waals surface area contributed by atoms with E-state index < -0.39 is 0 Å². The number of nitrogens with two attached hydrogens (primary N) is 1. The van der Waals surface area contributed by atoms with Crippen LogP contribution in [0.5, 0.6) is 0 Å². The van der Waals surface area contributed by atoms with Gasteiger partial charge in [-0.3, -0.25) is 0 Å². The number of nitrogens with one attached hydrogen (secondary N) is 1. The summed E-state index contributed by atoms with van der Waals surface area (Å²) in [6.45, 7) is 4.39. The minimum Gasteiger partial charge on any atom is -0.398 e. The van der Waals surface area contributed by atoms with Gasteiger partial charge in [-0.1, -0.05) is 25.8 Å². The molecule has 2 heteroatoms. The van der Waals surface area contributed by atoms with Gasteiger partial charge in [0.25, 0.3) is 0 Å². The number of rotatable bonds is 2. The van der Waals surface area contributed by atoms with E-state index in [0.717, 1.165) is 17.2 Å². The van der Waals surface area contributed by atoms with Gasteiger partial charge in [-0.25, -0.2) is 0 Å². The number of hydrogen-bond acceptors (Lipinski definition) is 2. The molecule has 0 bridgehead atoms. The smallest absolute Gasteiger partial charge is 0.0364 e. The van der Waals surface area contributed by atoms with Crippen LogP contribution in [-0.4, -0.2) is 6.04 Å². The highest BCUT2D eigenvalue weighted by atomic mass is 14.9. The van der Waals surface area contributed by atoms with Gasteiger partial charge in [0, 0.05) is 17.4 Å². The van der Waals surface area contributed by atoms with Gasteiger partial charge in [0.1, 0.15) is 0 Å². The zero-order valence-electron chi connectivity index (χ0n) is 10.3. The van der Waals surface area contributed by atoms with Crippen molar-refractivity contribution in [1.29, 1.82) is 0 Å². The van der Waals surface area contributed by atoms with E-state index in [9.17, 15) is 0 Å². The van der Waals surface area contributed by atoms with E-state index in [-0.39, 0.29) is 0 Å². The normalized spacial score (nSPS) is 25.4. The average Bonchev–Trinajstić information content (AvgIpc) is 2.27. The molecule has 1 saturated carbocycles. The SMILES string of the molecule is Cc1ccc(NC2CCCCC2C)cc1N. The highest BCUT2D eigenvalue weighted by Crippen LogP contribution is 2.27. The molecule has 1 fully saturated rings. The standard InChI is InChI=1S/C14H22N2/c1-10-7-8-12(9-13(10)15)16-14-6-4-3-5-11(14)2/h7-9,11,14,16H,3-6,15H2,1-2H3. The summed E-state index contributed by atoms with van der Waals surface area (Å²) in [6.07, 6.45) is 5.37. The van der Waals surface area contributed by atoms with E-state index in [1.807, 2.05) is 6.92 Å². The van der Waals surface area contributed by atoms with Crippen molar-refractivity contribution < 1.29 is 0 Å². The molecule has 1 aliphatic rings. The van der Waals surface area contributed by atoms with Crippen LogP contribution >= 0.6 is 0 Å². The lowest BCUT2D eigenvalue weighted by atomic mass is 9.86. The van der Waals surface area contributed by atoms with Gasteiger partial charge in [0.15, 0.2) is 0 Å². The molecule has 88 valence electrons. The lowest BCUT2D eigenvalue weighted by Gasteiger charge is -2.30. The first-order valence-corrected chi connectivity index (χ1v) is 6.29. The Morgan fingerprint density at radius 1 is 1.25 bits per heavy atom. The Bertz CT molecular complexity index is 360. The van der Waals surface area contributed by atoms with Crippen LogP contribution in [0.3, 0.4) is 0 Å². The van der Waals surface area contributed by atoms with Crippen LogP contribution in [0.25, 0.3) is 0 Å². The van der Waals surface area contributed by atoms with Crippen molar-refractivity contribution in [2.45, 2.75) is 45.6 Å². The summed E-state index contributed by atoms with van der Waals surface area (Å²) in [5.74, 6) is 0.774. The Labute approximate surface area is 98.2 Å². The van der Waals surface area contributed by atoms with Crippen LogP contribution in [0.1, 0.15) is 38.2 Å². The molecular weight excluding hydrogens is 196 g/mol. The monoisotopic (exact) mass is 218 g/mol. The number of benzene rings is 1. The van der Waals surface area contributed by atoms with E-state index in [4.69, 9.17) is 5.73 Å². The van der Waals surface area contributed by atoms with Crippen molar-refractivity contribution in [3.8, 4) is 0 Å². The summed E-state index contributed by atoms with van der Waals surface area (Å²) in [4.78, 5) is 0. The zero-order valence-corrected chi connectivity index (χ0v) is 10.3. The molecule has 0 spiro atoms. The lowest BCUT2D eigenvalue weighted by molar-refractivity contribution is 0.349. The molecule has 3 N–H and O–H groups in total. The summed E-state index contributed by atoms with van der Waals surface area (Å²) in [6, 6.07) is 6.89. The molecule has 2 nitrogen and oxygen atoms in total. The summed E-state index contributed by atoms with van der Waals surface area (Å²) < 4.78 is 0. The second-order valence-corrected chi connectivity index (χ2v) is 5.08. The van der Waals surface area contributed by atoms with Gasteiger partial charge in [0.05, 0.1) is 0 Å². The number of aryl methyl sites for hydroxylation is 1. The average molecular weight is 218 g/mol. The second kappa shape index (κ2) is 4.77. The first-order valence-electron chi connectivity index (χ1n) is 6.29. The van der Waals surface area contributed by atoms with Crippen LogP contribution in [-0.2, 0) is 0 Å². The Balaban J connectivity index is 2.05. The summed E-state index contributed by atoms with van der Waals surface area (Å²) in [5, 5.41) is 3.62. The Kier molecular flexibility index (Phi) is 3.37. The maximum Gasteiger partial charge on any atom is 0.0364 e. The van der Waals surface area contributed by atoms with E-state index >= 15 is 0 Å². The molecule has 2 rings (SSSR count). The molecule has 16 heavy (non-hydrogen) atoms. The zero-order chi connectivity index (χ0) is 11.5. The second-order valence-electron chi connectivity index (χ2n) is 5.08. The highest BCUT2D eigenvalue weighted by Gasteiger charge is 2.20. The number of anilines is 2. The van der Waals surface area contributed by atoms with Crippen molar-refractivity contribution in [3.05, 3.63) is 23.8 Å². The predicted octanol–water partition coefficient (Wildman–Crippen LogP) is 3.57. The highest BCUT2D eigenvalue weighted by molar-refractivity contribution is 5.58. The Morgan fingerprint density at radius 3 is 2.69 bits per heavy atom. The molecule has 2 atom stereocenters. The first kappa shape index (κ1) is 11.3. The Hall–Kier alpha value is -1.18. The number of nitrogen functional groups attached to an aromatic ring is 1. The van der Waals surface area contributed by atoms with Crippen molar-refractivity contribution in [3.63, 3.8) is 0 Å². The minimum absolute atomic E-state index is 0.621. The van der Waals surface area contributed by atoms with Crippen molar-refractivity contribution >= 4 is 11.4 Å². The summed E-state index contributed by atoms with van der Waals surface area (Å²) in [7, 11) is 0. The fourth-order valence-corrected chi connectivity index (χ4v) is 2.48. The number of hydrogen-bond donors (Lipinski definition) is 2. The molecule has 0 aromatic heterocycles. The first-order chi connectivity index (χ1) is 7.66. The maximum atomic E-state index is 5.92. The molecule has 1 aromatic rings. The van der Waals surface area contributed by atoms with Gasteiger partial charge in [-0.2, -0.15) is 0 Å². The molecule has 0 saturated heterocycles. The van der Waals surface area contributed by atoms with Crippen LogP contribution in [0.15, 0.2) is 18.2 Å². The van der Waals surface area contributed by atoms with E-state index in [0.29, 0.717) is 6.04 Å². The molecule has 0 aliphatic heterocycles. The third kappa shape index (κ3) is 2.49. The van der Waals surface area contributed by atoms with Crippen LogP contribution in [0, 0.1) is 12.8 Å². The molecule has 0 amide bonds. The van der Waals surface area contributed by atoms with Gasteiger partial charge in [-0.05, 0) is 43.4 Å². The van der Waals surface area contributed by atoms with Crippen LogP contribution in [0.2, 0.25) is 0 Å². The lowest BCUT2D eigenvalue weighted by Crippen LogP contribution is -2.30.